The van der Waals surface area contributed by atoms with Gasteiger partial charge in [0.25, 0.3) is 0 Å². The lowest BCUT2D eigenvalue weighted by Crippen LogP contribution is -2.49. The Hall–Kier alpha value is -2.90. The van der Waals surface area contributed by atoms with Gasteiger partial charge in [-0.25, -0.2) is 4.98 Å². The van der Waals surface area contributed by atoms with E-state index in [4.69, 9.17) is 0 Å². The summed E-state index contributed by atoms with van der Waals surface area (Å²) in [6.07, 6.45) is 1.27. The third-order valence-electron chi connectivity index (χ3n) is 5.12. The first-order valence-electron chi connectivity index (χ1n) is 8.77. The number of hydrogen-bond acceptors (Lipinski definition) is 4. The number of nitrogens with zero attached hydrogens (tertiary/aromatic N) is 2. The molecule has 0 aliphatic carbocycles. The van der Waals surface area contributed by atoms with Crippen LogP contribution in [0.1, 0.15) is 26.2 Å². The minimum Gasteiger partial charge on any atom is -0.354 e. The van der Waals surface area contributed by atoms with E-state index in [1.807, 2.05) is 35.8 Å². The van der Waals surface area contributed by atoms with E-state index in [9.17, 15) is 14.4 Å². The van der Waals surface area contributed by atoms with Crippen LogP contribution < -0.4 is 16.0 Å². The Balaban J connectivity index is 1.41. The van der Waals surface area contributed by atoms with Crippen LogP contribution in [0.4, 0.5) is 5.95 Å². The van der Waals surface area contributed by atoms with E-state index < -0.39 is 11.5 Å². The SMILES string of the molecule is CC1(CNC(=O)CC2Cn3c(nc4ccccc43)NC2=O)CCC(=O)N1. The largest absolute Gasteiger partial charge is 0.354 e. The third kappa shape index (κ3) is 3.02. The second-order valence-corrected chi connectivity index (χ2v) is 7.31. The normalized spacial score (nSPS) is 24.9. The van der Waals surface area contributed by atoms with Crippen LogP contribution in [-0.4, -0.2) is 39.4 Å². The minimum atomic E-state index is -0.453. The average Bonchev–Trinajstić information content (AvgIpc) is 3.13. The number of carbonyl (C=O) groups is 3. The van der Waals surface area contributed by atoms with Crippen molar-refractivity contribution >= 4 is 34.7 Å². The molecule has 1 saturated heterocycles. The van der Waals surface area contributed by atoms with E-state index >= 15 is 0 Å². The zero-order valence-electron chi connectivity index (χ0n) is 14.5. The summed E-state index contributed by atoms with van der Waals surface area (Å²) in [5, 5.41) is 8.52. The lowest BCUT2D eigenvalue weighted by Gasteiger charge is -2.26. The first-order valence-corrected chi connectivity index (χ1v) is 8.77. The van der Waals surface area contributed by atoms with Crippen LogP contribution >= 0.6 is 0 Å². The highest BCUT2D eigenvalue weighted by atomic mass is 16.2. The van der Waals surface area contributed by atoms with Crippen molar-refractivity contribution in [1.82, 2.24) is 20.2 Å². The standard InChI is InChI=1S/C18H21N5O3/c1-18(7-6-14(24)22-18)10-19-15(25)8-11-9-23-13-5-3-2-4-12(13)20-17(23)21-16(11)26/h2-5,11H,6-10H2,1H3,(H,19,25)(H,22,24)(H,20,21,26). The molecule has 2 unspecified atom stereocenters. The molecule has 3 amide bonds. The zero-order chi connectivity index (χ0) is 18.3. The number of nitrogens with one attached hydrogen (secondary N) is 3. The van der Waals surface area contributed by atoms with Gasteiger partial charge in [-0.15, -0.1) is 0 Å². The number of carbonyl (C=O) groups excluding carboxylic acids is 3. The Morgan fingerprint density at radius 2 is 2.19 bits per heavy atom. The number of para-hydroxylation sites is 2. The lowest BCUT2D eigenvalue weighted by atomic mass is 9.99. The van der Waals surface area contributed by atoms with Crippen molar-refractivity contribution in [3.8, 4) is 0 Å². The fourth-order valence-electron chi connectivity index (χ4n) is 3.60. The second-order valence-electron chi connectivity index (χ2n) is 7.31. The van der Waals surface area contributed by atoms with Crippen molar-refractivity contribution in [2.45, 2.75) is 38.3 Å². The number of benzene rings is 1. The van der Waals surface area contributed by atoms with Crippen LogP contribution in [0.3, 0.4) is 0 Å². The van der Waals surface area contributed by atoms with E-state index in [0.29, 0.717) is 31.9 Å². The molecule has 4 rings (SSSR count). The van der Waals surface area contributed by atoms with Gasteiger partial charge in [-0.3, -0.25) is 19.7 Å². The fourth-order valence-corrected chi connectivity index (χ4v) is 3.60. The molecular weight excluding hydrogens is 334 g/mol. The number of fused-ring (bicyclic) bond motifs is 3. The Kier molecular flexibility index (Phi) is 3.90. The summed E-state index contributed by atoms with van der Waals surface area (Å²) < 4.78 is 1.94. The summed E-state index contributed by atoms with van der Waals surface area (Å²) in [4.78, 5) is 40.4. The van der Waals surface area contributed by atoms with Gasteiger partial charge in [-0.1, -0.05) is 12.1 Å². The number of amides is 3. The Morgan fingerprint density at radius 3 is 2.96 bits per heavy atom. The molecule has 0 spiro atoms. The number of rotatable bonds is 4. The number of anilines is 1. The maximum absolute atomic E-state index is 12.3. The van der Waals surface area contributed by atoms with E-state index in [2.05, 4.69) is 20.9 Å². The van der Waals surface area contributed by atoms with Crippen LogP contribution in [-0.2, 0) is 20.9 Å². The van der Waals surface area contributed by atoms with Crippen molar-refractivity contribution in [2.75, 3.05) is 11.9 Å². The topological polar surface area (TPSA) is 105 Å². The molecule has 0 radical (unpaired) electrons. The molecule has 2 atom stereocenters. The molecule has 3 heterocycles. The molecule has 136 valence electrons. The summed E-state index contributed by atoms with van der Waals surface area (Å²) in [6.45, 7) is 2.70. The summed E-state index contributed by atoms with van der Waals surface area (Å²) in [6, 6.07) is 7.66. The van der Waals surface area contributed by atoms with Crippen LogP contribution in [0.25, 0.3) is 11.0 Å². The van der Waals surface area contributed by atoms with Gasteiger partial charge in [0.05, 0.1) is 22.5 Å². The van der Waals surface area contributed by atoms with Gasteiger partial charge in [0.2, 0.25) is 23.7 Å². The molecule has 1 aromatic heterocycles. The fraction of sp³-hybridized carbons (Fsp3) is 0.444. The van der Waals surface area contributed by atoms with E-state index in [0.717, 1.165) is 11.0 Å². The molecule has 2 aromatic rings. The Labute approximate surface area is 150 Å². The maximum Gasteiger partial charge on any atom is 0.232 e. The molecule has 0 bridgehead atoms. The monoisotopic (exact) mass is 355 g/mol. The molecule has 2 aliphatic heterocycles. The predicted octanol–water partition coefficient (Wildman–Crippen LogP) is 0.780. The molecular formula is C18H21N5O3. The van der Waals surface area contributed by atoms with Crippen molar-refractivity contribution in [3.63, 3.8) is 0 Å². The quantitative estimate of drug-likeness (QED) is 0.754. The number of aromatic nitrogens is 2. The second kappa shape index (κ2) is 6.12. The average molecular weight is 355 g/mol. The van der Waals surface area contributed by atoms with Gasteiger partial charge < -0.3 is 15.2 Å². The van der Waals surface area contributed by atoms with Crippen molar-refractivity contribution in [3.05, 3.63) is 24.3 Å². The van der Waals surface area contributed by atoms with Gasteiger partial charge in [-0.05, 0) is 25.5 Å². The lowest BCUT2D eigenvalue weighted by molar-refractivity contribution is -0.128. The highest BCUT2D eigenvalue weighted by Gasteiger charge is 2.34. The van der Waals surface area contributed by atoms with E-state index in [-0.39, 0.29) is 24.1 Å². The molecule has 8 nitrogen and oxygen atoms in total. The zero-order valence-corrected chi connectivity index (χ0v) is 14.5. The van der Waals surface area contributed by atoms with Gasteiger partial charge in [0.15, 0.2) is 0 Å². The first kappa shape index (κ1) is 16.6. The summed E-state index contributed by atoms with van der Waals surface area (Å²) in [5.74, 6) is -0.309. The molecule has 2 aliphatic rings. The van der Waals surface area contributed by atoms with Gasteiger partial charge in [0, 0.05) is 25.9 Å². The molecule has 3 N–H and O–H groups in total. The van der Waals surface area contributed by atoms with Gasteiger partial charge in [0.1, 0.15) is 0 Å². The highest BCUT2D eigenvalue weighted by molar-refractivity contribution is 5.97. The van der Waals surface area contributed by atoms with Crippen molar-refractivity contribution < 1.29 is 14.4 Å². The smallest absolute Gasteiger partial charge is 0.232 e. The molecule has 0 saturated carbocycles. The van der Waals surface area contributed by atoms with Crippen LogP contribution in [0.5, 0.6) is 0 Å². The molecule has 1 aromatic carbocycles. The highest BCUT2D eigenvalue weighted by Crippen LogP contribution is 2.26. The van der Waals surface area contributed by atoms with Crippen molar-refractivity contribution in [1.29, 1.82) is 0 Å². The maximum atomic E-state index is 12.3. The van der Waals surface area contributed by atoms with E-state index in [1.54, 1.807) is 0 Å². The summed E-state index contributed by atoms with van der Waals surface area (Å²) in [7, 11) is 0. The van der Waals surface area contributed by atoms with E-state index in [1.165, 1.54) is 0 Å². The Morgan fingerprint density at radius 1 is 1.38 bits per heavy atom. The Bertz CT molecular complexity index is 905. The van der Waals surface area contributed by atoms with Crippen LogP contribution in [0.2, 0.25) is 0 Å². The van der Waals surface area contributed by atoms with Crippen LogP contribution in [0, 0.1) is 5.92 Å². The molecule has 8 heteroatoms. The third-order valence-corrected chi connectivity index (χ3v) is 5.12. The minimum absolute atomic E-state index is 0.00734. The van der Waals surface area contributed by atoms with Gasteiger partial charge in [-0.2, -0.15) is 0 Å². The van der Waals surface area contributed by atoms with Crippen molar-refractivity contribution in [2.24, 2.45) is 5.92 Å². The molecule has 26 heavy (non-hydrogen) atoms. The number of imidazole rings is 1. The van der Waals surface area contributed by atoms with Gasteiger partial charge >= 0.3 is 0 Å². The summed E-state index contributed by atoms with van der Waals surface area (Å²) in [5.41, 5.74) is 1.35. The first-order chi connectivity index (χ1) is 12.4. The molecule has 1 fully saturated rings. The van der Waals surface area contributed by atoms with Crippen LogP contribution in [0.15, 0.2) is 24.3 Å². The number of hydrogen-bond donors (Lipinski definition) is 3. The predicted molar refractivity (Wildman–Crippen MR) is 95.3 cm³/mol. The summed E-state index contributed by atoms with van der Waals surface area (Å²) >= 11 is 0.